The Balaban J connectivity index is 1.41. The van der Waals surface area contributed by atoms with Crippen molar-refractivity contribution in [3.63, 3.8) is 0 Å². The van der Waals surface area contributed by atoms with E-state index in [0.29, 0.717) is 48.8 Å². The lowest BCUT2D eigenvalue weighted by Gasteiger charge is -2.18. The van der Waals surface area contributed by atoms with E-state index in [0.717, 1.165) is 0 Å². The molecule has 13 heteroatoms. The molecule has 0 saturated carbocycles. The molecule has 1 aromatic heterocycles. The lowest BCUT2D eigenvalue weighted by Crippen LogP contribution is -2.49. The summed E-state index contributed by atoms with van der Waals surface area (Å²) >= 11 is 8.18. The van der Waals surface area contributed by atoms with E-state index in [1.807, 2.05) is 0 Å². The number of aliphatic carboxylic acids is 2. The summed E-state index contributed by atoms with van der Waals surface area (Å²) in [5.74, 6) is -1.93. The molecule has 1 aromatic carbocycles. The van der Waals surface area contributed by atoms with Gasteiger partial charge in [-0.15, -0.1) is 0 Å². The number of fused-ring (bicyclic) bond motifs is 1. The quantitative estimate of drug-likeness (QED) is 0.0883. The lowest BCUT2D eigenvalue weighted by atomic mass is 10.1. The molecule has 2 heterocycles. The van der Waals surface area contributed by atoms with E-state index in [2.05, 4.69) is 41.2 Å². The van der Waals surface area contributed by atoms with Crippen LogP contribution < -0.4 is 20.7 Å². The minimum Gasteiger partial charge on any atom is -0.492 e. The largest absolute Gasteiger partial charge is 0.492 e. The van der Waals surface area contributed by atoms with Crippen LogP contribution in [-0.4, -0.2) is 88.2 Å². The van der Waals surface area contributed by atoms with Gasteiger partial charge in [0, 0.05) is 42.4 Å². The molecule has 0 bridgehead atoms. The summed E-state index contributed by atoms with van der Waals surface area (Å²) in [7, 11) is 0. The Morgan fingerprint density at radius 2 is 1.61 bits per heavy atom. The van der Waals surface area contributed by atoms with Gasteiger partial charge in [-0.05, 0) is 42.8 Å². The number of thiol groups is 2. The van der Waals surface area contributed by atoms with Crippen LogP contribution in [0.15, 0.2) is 36.4 Å². The third kappa shape index (κ3) is 7.53. The maximum absolute atomic E-state index is 13.0. The first-order valence-electron chi connectivity index (χ1n) is 12.2. The summed E-state index contributed by atoms with van der Waals surface area (Å²) in [6.07, 6.45) is 0.473. The first-order valence-corrected chi connectivity index (χ1v) is 13.4. The second-order valence-electron chi connectivity index (χ2n) is 8.68. The molecular weight excluding hydrogens is 532 g/mol. The van der Waals surface area contributed by atoms with Crippen LogP contribution in [0.3, 0.4) is 0 Å². The number of ether oxygens (including phenoxy) is 1. The third-order valence-corrected chi connectivity index (χ3v) is 6.95. The number of carbonyl (C=O) groups excluding carboxylic acids is 2. The summed E-state index contributed by atoms with van der Waals surface area (Å²) in [5, 5.41) is 27.0. The number of hydrogen-bond acceptors (Lipinski definition) is 9. The number of carbonyl (C=O) groups is 4. The van der Waals surface area contributed by atoms with Crippen molar-refractivity contribution in [1.29, 1.82) is 0 Å². The SMILES string of the molecule is O=C(c1ccc(OCCNC(=O)[C@H](CS)NCCN[C@@H](CS)C(=O)O)cc1)c1ccc2n1CCC2C(=O)O. The van der Waals surface area contributed by atoms with Gasteiger partial charge in [0.2, 0.25) is 11.7 Å². The number of nitrogens with zero attached hydrogens (tertiary/aromatic N) is 1. The van der Waals surface area contributed by atoms with Gasteiger partial charge in [0.1, 0.15) is 18.4 Å². The van der Waals surface area contributed by atoms with Gasteiger partial charge in [0.05, 0.1) is 24.2 Å². The number of carboxylic acid groups (broad SMARTS) is 2. The molecule has 38 heavy (non-hydrogen) atoms. The zero-order chi connectivity index (χ0) is 27.7. The van der Waals surface area contributed by atoms with Crippen LogP contribution in [0.1, 0.15) is 34.1 Å². The molecule has 5 N–H and O–H groups in total. The Morgan fingerprint density at radius 1 is 0.947 bits per heavy atom. The fraction of sp³-hybridized carbons (Fsp3) is 0.440. The molecule has 1 aliphatic heterocycles. The Hall–Kier alpha value is -3.00. The fourth-order valence-corrected chi connectivity index (χ4v) is 4.75. The maximum Gasteiger partial charge on any atom is 0.321 e. The molecule has 3 atom stereocenters. The number of rotatable bonds is 16. The number of benzene rings is 1. The van der Waals surface area contributed by atoms with Gasteiger partial charge in [0.15, 0.2) is 0 Å². The number of aromatic nitrogens is 1. The molecule has 2 aromatic rings. The zero-order valence-corrected chi connectivity index (χ0v) is 22.4. The van der Waals surface area contributed by atoms with E-state index in [1.165, 1.54) is 0 Å². The molecule has 0 spiro atoms. The Morgan fingerprint density at radius 3 is 2.21 bits per heavy atom. The van der Waals surface area contributed by atoms with Crippen LogP contribution in [0.4, 0.5) is 0 Å². The van der Waals surface area contributed by atoms with Gasteiger partial charge in [-0.2, -0.15) is 25.3 Å². The molecule has 0 saturated heterocycles. The van der Waals surface area contributed by atoms with Crippen LogP contribution in [0.2, 0.25) is 0 Å². The molecule has 1 amide bonds. The maximum atomic E-state index is 13.0. The van der Waals surface area contributed by atoms with E-state index in [1.54, 1.807) is 41.0 Å². The van der Waals surface area contributed by atoms with Crippen LogP contribution in [0, 0.1) is 0 Å². The molecule has 11 nitrogen and oxygen atoms in total. The van der Waals surface area contributed by atoms with Crippen molar-refractivity contribution in [3.8, 4) is 5.75 Å². The van der Waals surface area contributed by atoms with Gasteiger partial charge in [-0.1, -0.05) is 0 Å². The van der Waals surface area contributed by atoms with Crippen LogP contribution in [-0.2, 0) is 20.9 Å². The predicted molar refractivity (Wildman–Crippen MR) is 147 cm³/mol. The summed E-state index contributed by atoms with van der Waals surface area (Å²) < 4.78 is 7.43. The Labute approximate surface area is 231 Å². The summed E-state index contributed by atoms with van der Waals surface area (Å²) in [6.45, 7) is 1.70. The highest BCUT2D eigenvalue weighted by atomic mass is 32.1. The van der Waals surface area contributed by atoms with Crippen molar-refractivity contribution in [2.24, 2.45) is 0 Å². The minimum absolute atomic E-state index is 0.162. The second-order valence-corrected chi connectivity index (χ2v) is 9.41. The van der Waals surface area contributed by atoms with Crippen LogP contribution in [0.5, 0.6) is 5.75 Å². The highest BCUT2D eigenvalue weighted by Crippen LogP contribution is 2.31. The molecule has 0 aliphatic carbocycles. The first kappa shape index (κ1) is 29.6. The summed E-state index contributed by atoms with van der Waals surface area (Å²) in [5.41, 5.74) is 1.58. The zero-order valence-electron chi connectivity index (χ0n) is 20.6. The van der Waals surface area contributed by atoms with E-state index in [4.69, 9.17) is 9.84 Å². The van der Waals surface area contributed by atoms with Gasteiger partial charge >= 0.3 is 11.9 Å². The van der Waals surface area contributed by atoms with Crippen molar-refractivity contribution in [3.05, 3.63) is 53.3 Å². The van der Waals surface area contributed by atoms with Crippen LogP contribution in [0.25, 0.3) is 0 Å². The normalized spacial score (nSPS) is 15.9. The van der Waals surface area contributed by atoms with Crippen molar-refractivity contribution in [1.82, 2.24) is 20.5 Å². The molecule has 1 unspecified atom stereocenters. The predicted octanol–water partition coefficient (Wildman–Crippen LogP) is 0.647. The number of nitrogens with one attached hydrogen (secondary N) is 3. The van der Waals surface area contributed by atoms with Gasteiger partial charge in [-0.25, -0.2) is 0 Å². The average Bonchev–Trinajstić information content (AvgIpc) is 3.51. The fourth-order valence-electron chi connectivity index (χ4n) is 4.17. The lowest BCUT2D eigenvalue weighted by molar-refractivity contribution is -0.139. The second kappa shape index (κ2) is 14.2. The highest BCUT2D eigenvalue weighted by Gasteiger charge is 2.31. The number of carboxylic acids is 2. The molecular formula is C25H32N4O7S2. The topological polar surface area (TPSA) is 159 Å². The van der Waals surface area contributed by atoms with Gasteiger partial charge in [-0.3, -0.25) is 19.2 Å². The Kier molecular flexibility index (Phi) is 11.1. The summed E-state index contributed by atoms with van der Waals surface area (Å²) in [4.78, 5) is 47.7. The van der Waals surface area contributed by atoms with Crippen molar-refractivity contribution < 1.29 is 34.1 Å². The van der Waals surface area contributed by atoms with E-state index >= 15 is 0 Å². The third-order valence-electron chi connectivity index (χ3n) is 6.22. The van der Waals surface area contributed by atoms with Crippen LogP contribution >= 0.6 is 25.3 Å². The Bertz CT molecular complexity index is 1140. The van der Waals surface area contributed by atoms with Crippen molar-refractivity contribution in [2.75, 3.05) is 37.7 Å². The van der Waals surface area contributed by atoms with E-state index < -0.39 is 29.9 Å². The molecule has 1 aliphatic rings. The minimum atomic E-state index is -0.982. The molecule has 3 rings (SSSR count). The van der Waals surface area contributed by atoms with Gasteiger partial charge in [0.25, 0.3) is 0 Å². The molecule has 206 valence electrons. The number of amides is 1. The highest BCUT2D eigenvalue weighted by molar-refractivity contribution is 7.80. The average molecular weight is 565 g/mol. The molecule has 0 radical (unpaired) electrons. The van der Waals surface area contributed by atoms with E-state index in [9.17, 15) is 24.3 Å². The smallest absolute Gasteiger partial charge is 0.321 e. The monoisotopic (exact) mass is 564 g/mol. The number of hydrogen-bond donors (Lipinski definition) is 7. The van der Waals surface area contributed by atoms with Gasteiger partial charge < -0.3 is 35.5 Å². The first-order chi connectivity index (χ1) is 18.3. The van der Waals surface area contributed by atoms with E-state index in [-0.39, 0.29) is 36.3 Å². The number of ketones is 1. The summed E-state index contributed by atoms with van der Waals surface area (Å²) in [6, 6.07) is 8.70. The standard InChI is InChI=1S/C25H32N4O7S2/c30-22(21-6-5-20-17(24(32)33)7-11-29(20)21)15-1-3-16(4-2-15)36-12-10-28-23(31)18(13-37)26-8-9-27-19(14-38)25(34)35/h1-6,17-19,26-27,37-38H,7-14H2,(H,28,31)(H,32,33)(H,34,35)/t17?,18-,19-/m0/s1. The molecule has 0 fully saturated rings. The van der Waals surface area contributed by atoms with Crippen molar-refractivity contribution >= 4 is 48.9 Å². The van der Waals surface area contributed by atoms with Crippen molar-refractivity contribution in [2.45, 2.75) is 31.0 Å².